The highest BCUT2D eigenvalue weighted by Gasteiger charge is 2.25. The molecule has 3 aromatic rings. The van der Waals surface area contributed by atoms with E-state index in [2.05, 4.69) is 24.1 Å². The smallest absolute Gasteiger partial charge is 0.337 e. The number of carbonyl (C=O) groups excluding carboxylic acids is 3. The van der Waals surface area contributed by atoms with E-state index in [1.807, 2.05) is 60.4 Å². The first kappa shape index (κ1) is 27.7. The van der Waals surface area contributed by atoms with Crippen LogP contribution in [-0.4, -0.2) is 62.6 Å². The molecule has 0 bridgehead atoms. The van der Waals surface area contributed by atoms with Crippen molar-refractivity contribution in [3.05, 3.63) is 89.0 Å². The Labute approximate surface area is 229 Å². The zero-order valence-electron chi connectivity index (χ0n) is 22.9. The second-order valence-corrected chi connectivity index (χ2v) is 9.90. The van der Waals surface area contributed by atoms with E-state index in [0.29, 0.717) is 48.7 Å². The Morgan fingerprint density at radius 3 is 2.28 bits per heavy atom. The zero-order valence-corrected chi connectivity index (χ0v) is 22.9. The standard InChI is InChI=1S/C31H35N3O5/c1-21(2)25-12-10-22(3)18-28(25)39-20-29(35)32-26-19-24(31(37)38-4)11-13-27(26)33-14-16-34(17-15-33)30(36)23-8-6-5-7-9-23/h5-13,18-19,21H,14-17,20H2,1-4H3,(H,32,35). The van der Waals surface area contributed by atoms with Crippen LogP contribution in [0, 0.1) is 6.92 Å². The van der Waals surface area contributed by atoms with Crippen molar-refractivity contribution in [3.63, 3.8) is 0 Å². The van der Waals surface area contributed by atoms with Gasteiger partial charge in [0.25, 0.3) is 11.8 Å². The predicted molar refractivity (Wildman–Crippen MR) is 152 cm³/mol. The summed E-state index contributed by atoms with van der Waals surface area (Å²) in [4.78, 5) is 42.0. The molecule has 3 aromatic carbocycles. The van der Waals surface area contributed by atoms with Gasteiger partial charge in [0.2, 0.25) is 0 Å². The molecule has 39 heavy (non-hydrogen) atoms. The normalized spacial score (nSPS) is 13.3. The van der Waals surface area contributed by atoms with Crippen molar-refractivity contribution in [2.75, 3.05) is 50.1 Å². The summed E-state index contributed by atoms with van der Waals surface area (Å²) in [6.45, 7) is 8.19. The van der Waals surface area contributed by atoms with Gasteiger partial charge in [-0.25, -0.2) is 4.79 Å². The lowest BCUT2D eigenvalue weighted by molar-refractivity contribution is -0.118. The van der Waals surface area contributed by atoms with E-state index < -0.39 is 5.97 Å². The van der Waals surface area contributed by atoms with Gasteiger partial charge >= 0.3 is 5.97 Å². The maximum absolute atomic E-state index is 13.0. The highest BCUT2D eigenvalue weighted by molar-refractivity contribution is 5.99. The molecule has 8 heteroatoms. The van der Waals surface area contributed by atoms with Crippen LogP contribution in [0.4, 0.5) is 11.4 Å². The molecule has 1 aliphatic heterocycles. The minimum atomic E-state index is -0.493. The Kier molecular flexibility index (Phi) is 8.86. The van der Waals surface area contributed by atoms with Gasteiger partial charge in [-0.15, -0.1) is 0 Å². The number of carbonyl (C=O) groups is 3. The second-order valence-electron chi connectivity index (χ2n) is 9.90. The first-order chi connectivity index (χ1) is 18.8. The van der Waals surface area contributed by atoms with Crippen molar-refractivity contribution in [3.8, 4) is 5.75 Å². The molecule has 1 aliphatic rings. The number of amides is 2. The average molecular weight is 530 g/mol. The lowest BCUT2D eigenvalue weighted by atomic mass is 10.0. The second kappa shape index (κ2) is 12.5. The Morgan fingerprint density at radius 1 is 0.897 bits per heavy atom. The van der Waals surface area contributed by atoms with Crippen LogP contribution in [0.25, 0.3) is 0 Å². The van der Waals surface area contributed by atoms with Crippen LogP contribution in [0.2, 0.25) is 0 Å². The third-order valence-corrected chi connectivity index (χ3v) is 6.77. The van der Waals surface area contributed by atoms with Crippen molar-refractivity contribution in [2.45, 2.75) is 26.7 Å². The molecule has 1 heterocycles. The minimum Gasteiger partial charge on any atom is -0.483 e. The van der Waals surface area contributed by atoms with E-state index in [4.69, 9.17) is 9.47 Å². The molecule has 0 aromatic heterocycles. The number of hydrogen-bond acceptors (Lipinski definition) is 6. The molecular weight excluding hydrogens is 494 g/mol. The molecule has 1 fully saturated rings. The molecular formula is C31H35N3O5. The van der Waals surface area contributed by atoms with Crippen LogP contribution in [0.5, 0.6) is 5.75 Å². The summed E-state index contributed by atoms with van der Waals surface area (Å²) in [5.74, 6) is 0.0986. The van der Waals surface area contributed by atoms with E-state index >= 15 is 0 Å². The van der Waals surface area contributed by atoms with Gasteiger partial charge in [-0.1, -0.05) is 44.2 Å². The summed E-state index contributed by atoms with van der Waals surface area (Å²) < 4.78 is 10.8. The fourth-order valence-electron chi connectivity index (χ4n) is 4.64. The number of nitrogens with one attached hydrogen (secondary N) is 1. The van der Waals surface area contributed by atoms with Gasteiger partial charge in [-0.2, -0.15) is 0 Å². The van der Waals surface area contributed by atoms with Crippen molar-refractivity contribution in [1.29, 1.82) is 0 Å². The molecule has 8 nitrogen and oxygen atoms in total. The molecule has 0 unspecified atom stereocenters. The van der Waals surface area contributed by atoms with Crippen LogP contribution in [0.3, 0.4) is 0 Å². The maximum Gasteiger partial charge on any atom is 0.337 e. The number of piperazine rings is 1. The molecule has 1 N–H and O–H groups in total. The van der Waals surface area contributed by atoms with E-state index in [-0.39, 0.29) is 24.3 Å². The molecule has 0 spiro atoms. The number of methoxy groups -OCH3 is 1. The van der Waals surface area contributed by atoms with Crippen molar-refractivity contribution >= 4 is 29.2 Å². The summed E-state index contributed by atoms with van der Waals surface area (Å²) in [6, 6.07) is 20.3. The van der Waals surface area contributed by atoms with E-state index in [9.17, 15) is 14.4 Å². The monoisotopic (exact) mass is 529 g/mol. The summed E-state index contributed by atoms with van der Waals surface area (Å²) in [7, 11) is 1.32. The number of hydrogen-bond donors (Lipinski definition) is 1. The van der Waals surface area contributed by atoms with Gasteiger partial charge in [0.05, 0.1) is 24.0 Å². The summed E-state index contributed by atoms with van der Waals surface area (Å²) in [6.07, 6.45) is 0. The third-order valence-electron chi connectivity index (χ3n) is 6.77. The lowest BCUT2D eigenvalue weighted by Crippen LogP contribution is -2.49. The van der Waals surface area contributed by atoms with Crippen molar-refractivity contribution in [1.82, 2.24) is 4.90 Å². The molecule has 1 saturated heterocycles. The molecule has 204 valence electrons. The number of rotatable bonds is 8. The van der Waals surface area contributed by atoms with Gasteiger partial charge in [0.15, 0.2) is 6.61 Å². The summed E-state index contributed by atoms with van der Waals surface area (Å²) >= 11 is 0. The van der Waals surface area contributed by atoms with E-state index in [1.165, 1.54) is 7.11 Å². The highest BCUT2D eigenvalue weighted by Crippen LogP contribution is 2.30. The fourth-order valence-corrected chi connectivity index (χ4v) is 4.64. The Bertz CT molecular complexity index is 1330. The Hall–Kier alpha value is -4.33. The van der Waals surface area contributed by atoms with Crippen LogP contribution < -0.4 is 15.0 Å². The van der Waals surface area contributed by atoms with Crippen LogP contribution in [-0.2, 0) is 9.53 Å². The number of nitrogens with zero attached hydrogens (tertiary/aromatic N) is 2. The van der Waals surface area contributed by atoms with E-state index in [1.54, 1.807) is 18.2 Å². The largest absolute Gasteiger partial charge is 0.483 e. The molecule has 0 radical (unpaired) electrons. The van der Waals surface area contributed by atoms with Gasteiger partial charge in [0.1, 0.15) is 5.75 Å². The van der Waals surface area contributed by atoms with Crippen LogP contribution >= 0.6 is 0 Å². The van der Waals surface area contributed by atoms with Gasteiger partial charge in [-0.05, 0) is 60.4 Å². The topological polar surface area (TPSA) is 88.2 Å². The fraction of sp³-hybridized carbons (Fsp3) is 0.323. The SMILES string of the molecule is COC(=O)c1ccc(N2CCN(C(=O)c3ccccc3)CC2)c(NC(=O)COc2cc(C)ccc2C(C)C)c1. The minimum absolute atomic E-state index is 0.00104. The van der Waals surface area contributed by atoms with Gasteiger partial charge in [-0.3, -0.25) is 9.59 Å². The quantitative estimate of drug-likeness (QED) is 0.418. The first-order valence-corrected chi connectivity index (χ1v) is 13.1. The number of anilines is 2. The van der Waals surface area contributed by atoms with E-state index in [0.717, 1.165) is 16.8 Å². The highest BCUT2D eigenvalue weighted by atomic mass is 16.5. The van der Waals surface area contributed by atoms with Crippen molar-refractivity contribution in [2.24, 2.45) is 0 Å². The van der Waals surface area contributed by atoms with Crippen LogP contribution in [0.15, 0.2) is 66.7 Å². The Balaban J connectivity index is 1.48. The molecule has 0 atom stereocenters. The molecule has 2 amide bonds. The lowest BCUT2D eigenvalue weighted by Gasteiger charge is -2.37. The number of aryl methyl sites for hydroxylation is 1. The molecule has 4 rings (SSSR count). The van der Waals surface area contributed by atoms with Crippen LogP contribution in [0.1, 0.15) is 51.6 Å². The maximum atomic E-state index is 13.0. The van der Waals surface area contributed by atoms with Gasteiger partial charge in [0, 0.05) is 31.7 Å². The van der Waals surface area contributed by atoms with Gasteiger partial charge < -0.3 is 24.6 Å². The molecule has 0 aliphatic carbocycles. The molecule has 0 saturated carbocycles. The van der Waals surface area contributed by atoms with Crippen molar-refractivity contribution < 1.29 is 23.9 Å². The number of benzene rings is 3. The summed E-state index contributed by atoms with van der Waals surface area (Å²) in [5.41, 5.74) is 4.33. The number of ether oxygens (including phenoxy) is 2. The summed E-state index contributed by atoms with van der Waals surface area (Å²) in [5, 5.41) is 2.93. The zero-order chi connectivity index (χ0) is 27.9. The third kappa shape index (κ3) is 6.76. The Morgan fingerprint density at radius 2 is 1.62 bits per heavy atom. The predicted octanol–water partition coefficient (Wildman–Crippen LogP) is 4.88. The first-order valence-electron chi connectivity index (χ1n) is 13.1. The average Bonchev–Trinajstić information content (AvgIpc) is 2.95. The number of esters is 1.